The number of azo groups is 1. The average molecular weight is 417 g/mol. The van der Waals surface area contributed by atoms with E-state index in [1.165, 1.54) is 0 Å². The first-order valence-electron chi connectivity index (χ1n) is 10.1. The lowest BCUT2D eigenvalue weighted by Gasteiger charge is -2.11. The van der Waals surface area contributed by atoms with Crippen LogP contribution in [-0.4, -0.2) is 26.8 Å². The fourth-order valence-corrected chi connectivity index (χ4v) is 3.49. The first kappa shape index (κ1) is 23.0. The Balaban J connectivity index is 1.75. The summed E-state index contributed by atoms with van der Waals surface area (Å²) in [6.45, 7) is 8.79. The zero-order valence-corrected chi connectivity index (χ0v) is 18.6. The van der Waals surface area contributed by atoms with Crippen LogP contribution in [0.4, 0.5) is 17.1 Å². The number of unbranched alkanes of at least 4 members (excludes halogenated alkanes) is 2. The Bertz CT molecular complexity index is 924. The van der Waals surface area contributed by atoms with Crippen LogP contribution in [0.1, 0.15) is 44.2 Å². The van der Waals surface area contributed by atoms with Crippen LogP contribution in [0.2, 0.25) is 0 Å². The van der Waals surface area contributed by atoms with Crippen LogP contribution in [-0.2, 0) is 10.0 Å². The van der Waals surface area contributed by atoms with Gasteiger partial charge in [-0.05, 0) is 75.9 Å². The Morgan fingerprint density at radius 3 is 2.31 bits per heavy atom. The minimum absolute atomic E-state index is 0.383. The van der Waals surface area contributed by atoms with E-state index in [0.717, 1.165) is 54.0 Å². The number of hydrogen-bond donors (Lipinski definition) is 2. The Hall–Kier alpha value is -2.25. The smallest absolute Gasteiger partial charge is 0.213 e. The van der Waals surface area contributed by atoms with Gasteiger partial charge in [0.15, 0.2) is 0 Å². The van der Waals surface area contributed by atoms with Crippen molar-refractivity contribution in [3.05, 3.63) is 53.6 Å². The molecule has 0 atom stereocenters. The molecule has 6 nitrogen and oxygen atoms in total. The van der Waals surface area contributed by atoms with Crippen LogP contribution in [0.25, 0.3) is 0 Å². The molecule has 0 heterocycles. The number of benzene rings is 2. The summed E-state index contributed by atoms with van der Waals surface area (Å²) < 4.78 is 26.0. The van der Waals surface area contributed by atoms with Crippen molar-refractivity contribution >= 4 is 27.1 Å². The first-order valence-corrected chi connectivity index (χ1v) is 11.6. The molecule has 7 heteroatoms. The second-order valence-corrected chi connectivity index (χ2v) is 9.78. The number of nitrogens with zero attached hydrogens (tertiary/aromatic N) is 2. The van der Waals surface area contributed by atoms with E-state index in [9.17, 15) is 8.42 Å². The van der Waals surface area contributed by atoms with Crippen molar-refractivity contribution < 1.29 is 8.42 Å². The zero-order chi connectivity index (χ0) is 21.3. The Morgan fingerprint density at radius 1 is 0.897 bits per heavy atom. The molecule has 0 saturated carbocycles. The third-order valence-electron chi connectivity index (χ3n) is 4.69. The summed E-state index contributed by atoms with van der Waals surface area (Å²) in [5.41, 5.74) is 5.01. The summed E-state index contributed by atoms with van der Waals surface area (Å²) in [4.78, 5) is 0. The van der Waals surface area contributed by atoms with Crippen LogP contribution in [0, 0.1) is 13.8 Å². The van der Waals surface area contributed by atoms with Crippen molar-refractivity contribution in [3.8, 4) is 0 Å². The summed E-state index contributed by atoms with van der Waals surface area (Å²) in [5, 5.41) is 11.7. The molecule has 0 aliphatic rings. The van der Waals surface area contributed by atoms with E-state index >= 15 is 0 Å². The summed E-state index contributed by atoms with van der Waals surface area (Å²) in [6, 6.07) is 13.9. The van der Waals surface area contributed by atoms with Crippen LogP contribution in [0.15, 0.2) is 52.7 Å². The highest BCUT2D eigenvalue weighted by Crippen LogP contribution is 2.25. The predicted octanol–water partition coefficient (Wildman–Crippen LogP) is 5.63. The van der Waals surface area contributed by atoms with Gasteiger partial charge >= 0.3 is 0 Å². The molecule has 2 aromatic rings. The molecule has 0 unspecified atom stereocenters. The average Bonchev–Trinajstić information content (AvgIpc) is 2.67. The Morgan fingerprint density at radius 2 is 1.62 bits per heavy atom. The molecule has 2 rings (SSSR count). The summed E-state index contributed by atoms with van der Waals surface area (Å²) in [6.07, 6.45) is 2.79. The molecule has 2 N–H and O–H groups in total. The van der Waals surface area contributed by atoms with Crippen molar-refractivity contribution in [1.82, 2.24) is 4.72 Å². The molecular weight excluding hydrogens is 384 g/mol. The number of anilines is 1. The lowest BCUT2D eigenvalue weighted by atomic mass is 10.1. The molecule has 0 spiro atoms. The molecule has 158 valence electrons. The highest BCUT2D eigenvalue weighted by molar-refractivity contribution is 7.90. The quantitative estimate of drug-likeness (QED) is 0.368. The molecular formula is C22H32N4O2S. The maximum atomic E-state index is 11.7. The molecule has 0 bridgehead atoms. The minimum Gasteiger partial charge on any atom is -0.385 e. The Kier molecular flexibility index (Phi) is 8.79. The first-order chi connectivity index (χ1) is 13.8. The van der Waals surface area contributed by atoms with Gasteiger partial charge in [0.05, 0.1) is 16.6 Å². The standard InChI is InChI=1S/C22H32N4O2S/c1-17(2)29(27,28)24-15-9-5-8-14-23-21-13-12-20(16-19(21)4)25-26-22-11-7-6-10-18(22)3/h6-7,10-13,16-17,23-24H,5,8-9,14-15H2,1-4H3. The van der Waals surface area contributed by atoms with Gasteiger partial charge in [-0.3, -0.25) is 0 Å². The van der Waals surface area contributed by atoms with Crippen LogP contribution >= 0.6 is 0 Å². The van der Waals surface area contributed by atoms with Crippen molar-refractivity contribution in [2.75, 3.05) is 18.4 Å². The van der Waals surface area contributed by atoms with E-state index in [1.54, 1.807) is 13.8 Å². The highest BCUT2D eigenvalue weighted by atomic mass is 32.2. The minimum atomic E-state index is -3.15. The monoisotopic (exact) mass is 416 g/mol. The van der Waals surface area contributed by atoms with Gasteiger partial charge in [0, 0.05) is 18.8 Å². The largest absolute Gasteiger partial charge is 0.385 e. The number of aryl methyl sites for hydroxylation is 2. The van der Waals surface area contributed by atoms with Gasteiger partial charge in [-0.25, -0.2) is 13.1 Å². The summed E-state index contributed by atoms with van der Waals surface area (Å²) in [7, 11) is -3.15. The third kappa shape index (κ3) is 7.59. The van der Waals surface area contributed by atoms with Crippen molar-refractivity contribution in [2.45, 2.75) is 52.2 Å². The molecule has 0 fully saturated rings. The molecule has 2 aromatic carbocycles. The lowest BCUT2D eigenvalue weighted by molar-refractivity contribution is 0.566. The maximum absolute atomic E-state index is 11.7. The second kappa shape index (κ2) is 11.1. The van der Waals surface area contributed by atoms with E-state index in [1.807, 2.05) is 49.4 Å². The van der Waals surface area contributed by atoms with E-state index in [-0.39, 0.29) is 5.25 Å². The van der Waals surface area contributed by atoms with Gasteiger partial charge in [0.1, 0.15) is 0 Å². The number of hydrogen-bond acceptors (Lipinski definition) is 5. The molecule has 0 aliphatic heterocycles. The molecule has 0 aliphatic carbocycles. The SMILES string of the molecule is Cc1ccccc1N=Nc1ccc(NCCCCCNS(=O)(=O)C(C)C)c(C)c1. The number of rotatable bonds is 11. The van der Waals surface area contributed by atoms with E-state index in [0.29, 0.717) is 6.54 Å². The predicted molar refractivity (Wildman–Crippen MR) is 121 cm³/mol. The fraction of sp³-hybridized carbons (Fsp3) is 0.455. The van der Waals surface area contributed by atoms with E-state index < -0.39 is 10.0 Å². The summed E-state index contributed by atoms with van der Waals surface area (Å²) in [5.74, 6) is 0. The molecule has 0 radical (unpaired) electrons. The molecule has 29 heavy (non-hydrogen) atoms. The topological polar surface area (TPSA) is 82.9 Å². The maximum Gasteiger partial charge on any atom is 0.213 e. The van der Waals surface area contributed by atoms with Gasteiger partial charge in [-0.1, -0.05) is 24.6 Å². The fourth-order valence-electron chi connectivity index (χ4n) is 2.73. The highest BCUT2D eigenvalue weighted by Gasteiger charge is 2.13. The molecule has 0 aromatic heterocycles. The van der Waals surface area contributed by atoms with Gasteiger partial charge in [0.25, 0.3) is 0 Å². The van der Waals surface area contributed by atoms with E-state index in [2.05, 4.69) is 27.2 Å². The van der Waals surface area contributed by atoms with E-state index in [4.69, 9.17) is 0 Å². The Labute approximate surface area is 174 Å². The van der Waals surface area contributed by atoms with Crippen molar-refractivity contribution in [3.63, 3.8) is 0 Å². The van der Waals surface area contributed by atoms with Crippen molar-refractivity contribution in [2.24, 2.45) is 10.2 Å². The lowest BCUT2D eigenvalue weighted by Crippen LogP contribution is -2.31. The van der Waals surface area contributed by atoms with Crippen LogP contribution < -0.4 is 10.0 Å². The van der Waals surface area contributed by atoms with Gasteiger partial charge < -0.3 is 5.32 Å². The van der Waals surface area contributed by atoms with Crippen LogP contribution in [0.3, 0.4) is 0 Å². The zero-order valence-electron chi connectivity index (χ0n) is 17.8. The van der Waals surface area contributed by atoms with Crippen LogP contribution in [0.5, 0.6) is 0 Å². The number of nitrogens with one attached hydrogen (secondary N) is 2. The van der Waals surface area contributed by atoms with Crippen molar-refractivity contribution in [1.29, 1.82) is 0 Å². The van der Waals surface area contributed by atoms with Gasteiger partial charge in [-0.2, -0.15) is 10.2 Å². The molecule has 0 amide bonds. The summed E-state index contributed by atoms with van der Waals surface area (Å²) >= 11 is 0. The van der Waals surface area contributed by atoms with Gasteiger partial charge in [0.2, 0.25) is 10.0 Å². The number of sulfonamides is 1. The second-order valence-electron chi connectivity index (χ2n) is 7.46. The normalized spacial score (nSPS) is 12.0. The molecule has 0 saturated heterocycles. The van der Waals surface area contributed by atoms with Gasteiger partial charge in [-0.15, -0.1) is 0 Å². The third-order valence-corrected chi connectivity index (χ3v) is 6.54.